The first-order chi connectivity index (χ1) is 32.2. The molecule has 1 heterocycles. The van der Waals surface area contributed by atoms with Gasteiger partial charge in [0.25, 0.3) is 0 Å². The summed E-state index contributed by atoms with van der Waals surface area (Å²) in [6.45, 7) is 7.39. The fourth-order valence-electron chi connectivity index (χ4n) is 8.38. The zero-order chi connectivity index (χ0) is 48.0. The minimum absolute atomic E-state index is 0.000932. The molecule has 1 fully saturated rings. The summed E-state index contributed by atoms with van der Waals surface area (Å²) in [7, 11) is 1.23. The molecule has 0 unspecified atom stereocenters. The Bertz CT molecular complexity index is 2330. The summed E-state index contributed by atoms with van der Waals surface area (Å²) in [6, 6.07) is 26.4. The summed E-state index contributed by atoms with van der Waals surface area (Å²) in [4.78, 5) is 83.1. The number of hydrogen-bond acceptors (Lipinski definition) is 11. The lowest BCUT2D eigenvalue weighted by molar-refractivity contribution is -0.148. The molecule has 2 aliphatic rings. The molecule has 1 aliphatic carbocycles. The van der Waals surface area contributed by atoms with E-state index in [9.17, 15) is 28.8 Å². The lowest BCUT2D eigenvalue weighted by Gasteiger charge is -2.30. The minimum atomic E-state index is -1.01. The molecule has 15 nitrogen and oxygen atoms in total. The van der Waals surface area contributed by atoms with Crippen molar-refractivity contribution >= 4 is 51.9 Å². The normalized spacial score (nSPS) is 18.9. The van der Waals surface area contributed by atoms with Crippen molar-refractivity contribution in [2.24, 2.45) is 11.8 Å². The molecule has 0 aromatic heterocycles. The van der Waals surface area contributed by atoms with E-state index in [1.165, 1.54) is 12.0 Å². The number of nitrogens with zero attached hydrogens (tertiary/aromatic N) is 1. The topological polar surface area (TPSA) is 191 Å². The molecule has 0 radical (unpaired) electrons. The Morgan fingerprint density at radius 3 is 2.00 bits per heavy atom. The molecule has 4 atom stereocenters. The van der Waals surface area contributed by atoms with E-state index in [1.54, 1.807) is 24.3 Å². The van der Waals surface area contributed by atoms with E-state index in [2.05, 4.69) is 49.3 Å². The first-order valence-corrected chi connectivity index (χ1v) is 23.5. The molecule has 1 saturated heterocycles. The second-order valence-electron chi connectivity index (χ2n) is 17.7. The van der Waals surface area contributed by atoms with Gasteiger partial charge in [0, 0.05) is 35.1 Å². The van der Waals surface area contributed by atoms with E-state index in [1.807, 2.05) is 88.4 Å². The van der Waals surface area contributed by atoms with Crippen molar-refractivity contribution in [3.8, 4) is 16.9 Å². The zero-order valence-electron chi connectivity index (χ0n) is 38.6. The van der Waals surface area contributed by atoms with E-state index >= 15 is 0 Å². The third kappa shape index (κ3) is 14.1. The second kappa shape index (κ2) is 24.0. The monoisotopic (exact) mass is 981 g/mol. The maximum absolute atomic E-state index is 14.5. The number of methoxy groups -OCH3 is 1. The smallest absolute Gasteiger partial charge is 0.468 e. The van der Waals surface area contributed by atoms with E-state index in [0.717, 1.165) is 32.3 Å². The van der Waals surface area contributed by atoms with Crippen LogP contribution in [0, 0.1) is 11.8 Å². The highest BCUT2D eigenvalue weighted by Crippen LogP contribution is 2.44. The number of rotatable bonds is 15. The van der Waals surface area contributed by atoms with Crippen LogP contribution in [0.1, 0.15) is 75.1 Å². The van der Waals surface area contributed by atoms with Crippen molar-refractivity contribution in [3.63, 3.8) is 0 Å². The third-order valence-corrected chi connectivity index (χ3v) is 12.5. The Kier molecular flexibility index (Phi) is 17.9. The van der Waals surface area contributed by atoms with Crippen LogP contribution in [0.15, 0.2) is 102 Å². The van der Waals surface area contributed by atoms with Crippen LogP contribution >= 0.6 is 15.9 Å². The Morgan fingerprint density at radius 2 is 1.36 bits per heavy atom. The highest BCUT2D eigenvalue weighted by Gasteiger charge is 2.35. The minimum Gasteiger partial charge on any atom is -0.468 e. The molecule has 4 amide bonds. The summed E-state index contributed by atoms with van der Waals surface area (Å²) in [5, 5.41) is 12.1. The Labute approximate surface area is 400 Å². The number of esters is 1. The van der Waals surface area contributed by atoms with Crippen LogP contribution in [0.25, 0.3) is 11.1 Å². The highest BCUT2D eigenvalue weighted by atomic mass is 79.9. The number of amides is 4. The number of carbonyl (C=O) groups is 6. The van der Waals surface area contributed by atoms with E-state index in [0.29, 0.717) is 5.56 Å². The standard InChI is InChI=1S/C51H60BrN5O10/c1-31(2)24-43-47(59)56-45(25-32(3)4)49(61)57(28-46(58)64-5)23-22-35(27-53-50(62)65-30-41-39-15-9-7-13-37(39)38-14-8-10-16-40(38)41)54-44(48(60)55-43)26-33-18-20-36(21-19-33)67-51(63)66-29-34-12-6-11-17-42(34)52/h6-21,31-32,35,41,43-45,54H,22-30H2,1-5H3,(H,53,62)(H,55,60)(H,56,59)/t35-,43+,44+,45+/m1/s1. The lowest BCUT2D eigenvalue weighted by Crippen LogP contribution is -2.58. The van der Waals surface area contributed by atoms with Gasteiger partial charge in [-0.15, -0.1) is 0 Å². The van der Waals surface area contributed by atoms with E-state index in [4.69, 9.17) is 18.9 Å². The second-order valence-corrected chi connectivity index (χ2v) is 18.6. The van der Waals surface area contributed by atoms with Gasteiger partial charge in [-0.2, -0.15) is 0 Å². The van der Waals surface area contributed by atoms with Crippen LogP contribution in [-0.2, 0) is 46.4 Å². The maximum atomic E-state index is 14.5. The highest BCUT2D eigenvalue weighted by molar-refractivity contribution is 9.10. The third-order valence-electron chi connectivity index (χ3n) is 11.7. The predicted octanol–water partition coefficient (Wildman–Crippen LogP) is 7.04. The molecule has 1 aliphatic heterocycles. The summed E-state index contributed by atoms with van der Waals surface area (Å²) < 4.78 is 22.4. The molecule has 0 bridgehead atoms. The number of fused-ring (bicyclic) bond motifs is 3. The van der Waals surface area contributed by atoms with Crippen molar-refractivity contribution in [1.29, 1.82) is 0 Å². The quantitative estimate of drug-likeness (QED) is 0.0543. The van der Waals surface area contributed by atoms with Gasteiger partial charge >= 0.3 is 18.2 Å². The summed E-state index contributed by atoms with van der Waals surface area (Å²) in [5.74, 6) is -2.11. The molecule has 6 rings (SSSR count). The van der Waals surface area contributed by atoms with Gasteiger partial charge in [-0.05, 0) is 83.5 Å². The average molecular weight is 983 g/mol. The molecular formula is C51H60BrN5O10. The number of carbonyl (C=O) groups excluding carboxylic acids is 6. The van der Waals surface area contributed by atoms with Gasteiger partial charge in [0.15, 0.2) is 0 Å². The summed E-state index contributed by atoms with van der Waals surface area (Å²) >= 11 is 3.44. The van der Waals surface area contributed by atoms with E-state index in [-0.39, 0.29) is 82.0 Å². The zero-order valence-corrected chi connectivity index (χ0v) is 40.1. The van der Waals surface area contributed by atoms with Crippen LogP contribution in [0.2, 0.25) is 0 Å². The molecule has 4 aromatic rings. The largest absolute Gasteiger partial charge is 0.514 e. The van der Waals surface area contributed by atoms with E-state index < -0.39 is 60.1 Å². The van der Waals surface area contributed by atoms with Crippen LogP contribution in [0.4, 0.5) is 9.59 Å². The summed E-state index contributed by atoms with van der Waals surface area (Å²) in [5.41, 5.74) is 5.76. The molecule has 4 N–H and O–H groups in total. The predicted molar refractivity (Wildman–Crippen MR) is 255 cm³/mol. The number of nitrogens with one attached hydrogen (secondary N) is 4. The van der Waals surface area contributed by atoms with Gasteiger partial charge < -0.3 is 45.1 Å². The number of hydrogen-bond donors (Lipinski definition) is 4. The van der Waals surface area contributed by atoms with Gasteiger partial charge in [0.2, 0.25) is 17.7 Å². The number of benzene rings is 4. The Morgan fingerprint density at radius 1 is 0.761 bits per heavy atom. The molecular weight excluding hydrogens is 922 g/mol. The molecule has 356 valence electrons. The lowest BCUT2D eigenvalue weighted by atomic mass is 9.98. The number of ether oxygens (including phenoxy) is 4. The van der Waals surface area contributed by atoms with Crippen LogP contribution in [0.5, 0.6) is 5.75 Å². The fraction of sp³-hybridized carbons (Fsp3) is 0.412. The van der Waals surface area contributed by atoms with Crippen LogP contribution in [-0.4, -0.2) is 98.4 Å². The molecule has 0 spiro atoms. The fourth-order valence-corrected chi connectivity index (χ4v) is 8.78. The number of halogens is 1. The van der Waals surface area contributed by atoms with Gasteiger partial charge in [-0.1, -0.05) is 122 Å². The van der Waals surface area contributed by atoms with Gasteiger partial charge in [-0.3, -0.25) is 19.2 Å². The van der Waals surface area contributed by atoms with Crippen molar-refractivity contribution in [2.45, 2.75) is 90.1 Å². The first-order valence-electron chi connectivity index (χ1n) is 22.7. The van der Waals surface area contributed by atoms with Gasteiger partial charge in [0.1, 0.15) is 37.6 Å². The average Bonchev–Trinajstić information content (AvgIpc) is 3.63. The first kappa shape index (κ1) is 50.2. The maximum Gasteiger partial charge on any atom is 0.514 e. The van der Waals surface area contributed by atoms with Gasteiger partial charge in [-0.25, -0.2) is 9.59 Å². The van der Waals surface area contributed by atoms with Crippen molar-refractivity contribution in [2.75, 3.05) is 33.4 Å². The molecule has 67 heavy (non-hydrogen) atoms. The Balaban J connectivity index is 1.24. The molecule has 16 heteroatoms. The van der Waals surface area contributed by atoms with Gasteiger partial charge in [0.05, 0.1) is 13.2 Å². The van der Waals surface area contributed by atoms with Crippen molar-refractivity contribution < 1.29 is 47.7 Å². The van der Waals surface area contributed by atoms with Crippen LogP contribution in [0.3, 0.4) is 0 Å². The SMILES string of the molecule is COC(=O)CN1CC[C@H](CNC(=O)OCC2c3ccccc3-c3ccccc32)N[C@@H](Cc2ccc(OC(=O)OCc3ccccc3Br)cc2)C(=O)N[C@@H](CC(C)C)C(=O)N[C@@H](CC(C)C)C1=O. The van der Waals surface area contributed by atoms with Crippen molar-refractivity contribution in [3.05, 3.63) is 124 Å². The van der Waals surface area contributed by atoms with Crippen LogP contribution < -0.4 is 26.0 Å². The van der Waals surface area contributed by atoms with Crippen molar-refractivity contribution in [1.82, 2.24) is 26.2 Å². The Hall–Kier alpha value is -6.26. The molecule has 4 aromatic carbocycles. The summed E-state index contributed by atoms with van der Waals surface area (Å²) in [6.07, 6.45) is -0.741. The molecule has 0 saturated carbocycles. The number of alkyl carbamates (subject to hydrolysis) is 1.